The molecule has 2 aromatic carbocycles. The molecule has 0 amide bonds. The Morgan fingerprint density at radius 1 is 1.27 bits per heavy atom. The molecule has 1 saturated heterocycles. The largest absolute Gasteiger partial charge is 0.491 e. The lowest BCUT2D eigenvalue weighted by Crippen LogP contribution is -2.59. The average molecular weight is 572 g/mol. The minimum absolute atomic E-state index is 0.0248. The summed E-state index contributed by atoms with van der Waals surface area (Å²) in [6.07, 6.45) is 1.09. The van der Waals surface area contributed by atoms with Gasteiger partial charge in [-0.1, -0.05) is 53.5 Å². The molecule has 3 N–H and O–H groups in total. The molecular formula is C25H32Cl2N4O5S. The second-order valence-electron chi connectivity index (χ2n) is 9.42. The SMILES string of the molecule is CC(C)(CCc1ccccc1)NC[C@@H](O)COc1ccc(S(=O)(=O)NN2CCOC(Cl)(C#N)C2Cl)cc1. The Hall–Kier alpha value is -1.94. The van der Waals surface area contributed by atoms with Crippen molar-refractivity contribution >= 4 is 33.2 Å². The van der Waals surface area contributed by atoms with Gasteiger partial charge in [-0.15, -0.1) is 4.83 Å². The highest BCUT2D eigenvalue weighted by Crippen LogP contribution is 2.31. The van der Waals surface area contributed by atoms with Crippen molar-refractivity contribution in [3.8, 4) is 11.8 Å². The Kier molecular flexibility index (Phi) is 10.2. The lowest BCUT2D eigenvalue weighted by atomic mass is 9.95. The molecule has 37 heavy (non-hydrogen) atoms. The summed E-state index contributed by atoms with van der Waals surface area (Å²) in [5.74, 6) is 0.409. The zero-order chi connectivity index (χ0) is 27.1. The second-order valence-corrected chi connectivity index (χ2v) is 12.1. The number of alkyl halides is 2. The van der Waals surface area contributed by atoms with Gasteiger partial charge in [-0.05, 0) is 56.5 Å². The van der Waals surface area contributed by atoms with Crippen LogP contribution < -0.4 is 14.9 Å². The number of halogens is 2. The number of aliphatic hydroxyl groups is 1. The summed E-state index contributed by atoms with van der Waals surface area (Å²) in [6.45, 7) is 4.71. The highest BCUT2D eigenvalue weighted by atomic mass is 35.5. The molecule has 9 nitrogen and oxygen atoms in total. The van der Waals surface area contributed by atoms with Gasteiger partial charge in [0.1, 0.15) is 24.5 Å². The van der Waals surface area contributed by atoms with Crippen molar-refractivity contribution in [3.63, 3.8) is 0 Å². The van der Waals surface area contributed by atoms with Crippen LogP contribution in [0.25, 0.3) is 0 Å². The van der Waals surface area contributed by atoms with Gasteiger partial charge in [0.25, 0.3) is 15.1 Å². The van der Waals surface area contributed by atoms with Crippen LogP contribution in [0.2, 0.25) is 0 Å². The molecule has 2 aromatic rings. The zero-order valence-corrected chi connectivity index (χ0v) is 23.1. The van der Waals surface area contributed by atoms with Crippen LogP contribution in [0.4, 0.5) is 0 Å². The van der Waals surface area contributed by atoms with E-state index in [9.17, 15) is 18.8 Å². The number of aliphatic hydroxyl groups excluding tert-OH is 1. The first-order chi connectivity index (χ1) is 17.4. The summed E-state index contributed by atoms with van der Waals surface area (Å²) in [4.78, 5) is 2.31. The number of morpholine rings is 1. The summed E-state index contributed by atoms with van der Waals surface area (Å²) in [7, 11) is -4.00. The normalized spacial score (nSPS) is 21.8. The molecule has 0 aromatic heterocycles. The van der Waals surface area contributed by atoms with Crippen molar-refractivity contribution in [1.82, 2.24) is 15.2 Å². The summed E-state index contributed by atoms with van der Waals surface area (Å²) >= 11 is 12.2. The number of sulfonamides is 1. The Bertz CT molecular complexity index is 1160. The predicted octanol–water partition coefficient (Wildman–Crippen LogP) is 2.98. The number of nitrogens with zero attached hydrogens (tertiary/aromatic N) is 2. The minimum Gasteiger partial charge on any atom is -0.491 e. The quantitative estimate of drug-likeness (QED) is 0.263. The van der Waals surface area contributed by atoms with Crippen LogP contribution in [0, 0.1) is 11.3 Å². The highest BCUT2D eigenvalue weighted by molar-refractivity contribution is 7.89. The van der Waals surface area contributed by atoms with E-state index in [-0.39, 0.29) is 30.2 Å². The number of hydrazine groups is 1. The molecule has 2 unspecified atom stereocenters. The van der Waals surface area contributed by atoms with Gasteiger partial charge in [0, 0.05) is 18.6 Å². The van der Waals surface area contributed by atoms with Crippen LogP contribution in [0.1, 0.15) is 25.8 Å². The van der Waals surface area contributed by atoms with Gasteiger partial charge in [-0.3, -0.25) is 0 Å². The summed E-state index contributed by atoms with van der Waals surface area (Å²) < 4.78 is 36.3. The smallest absolute Gasteiger partial charge is 0.260 e. The van der Waals surface area contributed by atoms with Gasteiger partial charge >= 0.3 is 0 Å². The average Bonchev–Trinajstić information content (AvgIpc) is 2.89. The first kappa shape index (κ1) is 29.6. The van der Waals surface area contributed by atoms with Crippen LogP contribution in [0.15, 0.2) is 59.5 Å². The van der Waals surface area contributed by atoms with E-state index in [0.717, 1.165) is 17.9 Å². The van der Waals surface area contributed by atoms with Crippen LogP contribution >= 0.6 is 23.2 Å². The molecule has 1 heterocycles. The van der Waals surface area contributed by atoms with E-state index in [2.05, 4.69) is 36.1 Å². The van der Waals surface area contributed by atoms with Crippen LogP contribution in [-0.4, -0.2) is 67.0 Å². The monoisotopic (exact) mass is 570 g/mol. The number of aryl methyl sites for hydroxylation is 1. The van der Waals surface area contributed by atoms with Crippen LogP contribution in [0.5, 0.6) is 5.75 Å². The molecule has 0 saturated carbocycles. The van der Waals surface area contributed by atoms with Crippen molar-refractivity contribution in [2.24, 2.45) is 0 Å². The van der Waals surface area contributed by atoms with Gasteiger partial charge in [0.2, 0.25) is 0 Å². The fourth-order valence-electron chi connectivity index (χ4n) is 3.61. The first-order valence-corrected chi connectivity index (χ1v) is 14.1. The number of ether oxygens (including phenoxy) is 2. The fourth-order valence-corrected chi connectivity index (χ4v) is 5.23. The molecule has 202 valence electrons. The molecule has 0 bridgehead atoms. The third-order valence-electron chi connectivity index (χ3n) is 5.89. The molecular weight excluding hydrogens is 539 g/mol. The summed E-state index contributed by atoms with van der Waals surface area (Å²) in [5, 5.41) is 22.2. The zero-order valence-electron chi connectivity index (χ0n) is 20.7. The maximum Gasteiger partial charge on any atom is 0.260 e. The number of β-amino-alcohol motifs (C(OH)–C–C–N with tert-alkyl or cyclic N) is 1. The number of nitriles is 1. The lowest BCUT2D eigenvalue weighted by Gasteiger charge is -2.38. The number of hydrogen-bond acceptors (Lipinski definition) is 8. The first-order valence-electron chi connectivity index (χ1n) is 11.8. The fraction of sp³-hybridized carbons (Fsp3) is 0.480. The Balaban J connectivity index is 1.46. The van der Waals surface area contributed by atoms with Crippen molar-refractivity contribution in [2.45, 2.75) is 53.8 Å². The highest BCUT2D eigenvalue weighted by Gasteiger charge is 2.46. The molecule has 1 fully saturated rings. The number of hydrogen-bond donors (Lipinski definition) is 3. The molecule has 12 heteroatoms. The number of benzene rings is 2. The molecule has 3 atom stereocenters. The Labute approximate surface area is 228 Å². The third kappa shape index (κ3) is 8.53. The van der Waals surface area contributed by atoms with Crippen LogP contribution in [0.3, 0.4) is 0 Å². The maximum absolute atomic E-state index is 12.8. The van der Waals surface area contributed by atoms with Gasteiger partial charge in [0.15, 0.2) is 5.50 Å². The van der Waals surface area contributed by atoms with Crippen molar-refractivity contribution in [2.75, 3.05) is 26.3 Å². The molecule has 1 aliphatic rings. The summed E-state index contributed by atoms with van der Waals surface area (Å²) in [6, 6.07) is 17.7. The Morgan fingerprint density at radius 3 is 2.59 bits per heavy atom. The number of rotatable bonds is 12. The van der Waals surface area contributed by atoms with Gasteiger partial charge in [-0.2, -0.15) is 5.26 Å². The van der Waals surface area contributed by atoms with E-state index >= 15 is 0 Å². The third-order valence-corrected chi connectivity index (χ3v) is 8.31. The van der Waals surface area contributed by atoms with E-state index < -0.39 is 26.7 Å². The molecule has 0 aliphatic carbocycles. The van der Waals surface area contributed by atoms with E-state index in [1.807, 2.05) is 18.2 Å². The van der Waals surface area contributed by atoms with Crippen molar-refractivity contribution < 1.29 is 23.0 Å². The summed E-state index contributed by atoms with van der Waals surface area (Å²) in [5.41, 5.74) is -0.133. The lowest BCUT2D eigenvalue weighted by molar-refractivity contribution is -0.0492. The molecule has 3 rings (SSSR count). The van der Waals surface area contributed by atoms with E-state index in [4.69, 9.17) is 32.7 Å². The standard InChI is InChI=1S/C25H32Cl2N4O5S/c1-24(2,13-12-19-6-4-3-5-7-19)29-16-20(32)17-35-21-8-10-22(11-9-21)37(33,34)30-31-14-15-36-25(27,18-28)23(31)26/h3-11,20,23,29-30,32H,12-17H2,1-2H3/t20-,23?,25?/m1/s1. The molecule has 0 radical (unpaired) electrons. The molecule has 1 aliphatic heterocycles. The predicted molar refractivity (Wildman–Crippen MR) is 142 cm³/mol. The van der Waals surface area contributed by atoms with Crippen molar-refractivity contribution in [1.29, 1.82) is 5.26 Å². The minimum atomic E-state index is -4.00. The van der Waals surface area contributed by atoms with E-state index in [1.54, 1.807) is 6.07 Å². The maximum atomic E-state index is 12.8. The van der Waals surface area contributed by atoms with Gasteiger partial charge < -0.3 is 19.9 Å². The number of nitrogens with one attached hydrogen (secondary N) is 2. The van der Waals surface area contributed by atoms with E-state index in [0.29, 0.717) is 12.3 Å². The van der Waals surface area contributed by atoms with E-state index in [1.165, 1.54) is 29.8 Å². The van der Waals surface area contributed by atoms with Crippen molar-refractivity contribution in [3.05, 3.63) is 60.2 Å². The van der Waals surface area contributed by atoms with Gasteiger partial charge in [0.05, 0.1) is 11.5 Å². The topological polar surface area (TPSA) is 124 Å². The van der Waals surface area contributed by atoms with Gasteiger partial charge in [-0.25, -0.2) is 13.4 Å². The molecule has 0 spiro atoms. The Morgan fingerprint density at radius 2 is 1.95 bits per heavy atom. The second kappa shape index (κ2) is 12.7. The van der Waals surface area contributed by atoms with Crippen LogP contribution in [-0.2, 0) is 21.2 Å².